The highest BCUT2D eigenvalue weighted by molar-refractivity contribution is 5.89. The summed E-state index contributed by atoms with van der Waals surface area (Å²) in [4.78, 5) is 19.6. The fraction of sp³-hybridized carbons (Fsp3) is 0.167. The number of hydrogen-bond acceptors (Lipinski definition) is 5. The minimum Gasteiger partial charge on any atom is -0.364 e. The van der Waals surface area contributed by atoms with Gasteiger partial charge in [0.05, 0.1) is 17.6 Å². The molecule has 3 aromatic heterocycles. The predicted molar refractivity (Wildman–Crippen MR) is 68.0 cm³/mol. The Labute approximate surface area is 104 Å². The monoisotopic (exact) mass is 240 g/mol. The lowest BCUT2D eigenvalue weighted by atomic mass is 10.2. The predicted octanol–water partition coefficient (Wildman–Crippen LogP) is 1.67. The Morgan fingerprint density at radius 1 is 1.22 bits per heavy atom. The van der Waals surface area contributed by atoms with Crippen molar-refractivity contribution in [1.29, 1.82) is 0 Å². The summed E-state index contributed by atoms with van der Waals surface area (Å²) < 4.78 is 0. The highest BCUT2D eigenvalue weighted by atomic mass is 15.0. The molecule has 0 spiro atoms. The molecule has 3 rings (SSSR count). The van der Waals surface area contributed by atoms with Crippen molar-refractivity contribution in [2.24, 2.45) is 0 Å². The molecule has 0 radical (unpaired) electrons. The lowest BCUT2D eigenvalue weighted by molar-refractivity contribution is 0.996. The van der Waals surface area contributed by atoms with Gasteiger partial charge in [0.2, 0.25) is 0 Å². The van der Waals surface area contributed by atoms with E-state index in [1.165, 1.54) is 6.33 Å². The van der Waals surface area contributed by atoms with Crippen molar-refractivity contribution in [2.45, 2.75) is 13.5 Å². The van der Waals surface area contributed by atoms with E-state index in [9.17, 15) is 0 Å². The Balaban J connectivity index is 1.89. The second-order valence-electron chi connectivity index (χ2n) is 3.97. The Bertz CT molecular complexity index is 661. The van der Waals surface area contributed by atoms with Gasteiger partial charge in [-0.05, 0) is 18.6 Å². The van der Waals surface area contributed by atoms with Crippen LogP contribution in [0.1, 0.15) is 11.3 Å². The summed E-state index contributed by atoms with van der Waals surface area (Å²) in [7, 11) is 0. The van der Waals surface area contributed by atoms with Crippen LogP contribution in [0.5, 0.6) is 0 Å². The average Bonchev–Trinajstić information content (AvgIpc) is 2.80. The number of H-pyrrole nitrogens is 1. The molecule has 6 heteroatoms. The number of aromatic nitrogens is 5. The van der Waals surface area contributed by atoms with Crippen LogP contribution >= 0.6 is 0 Å². The summed E-state index contributed by atoms with van der Waals surface area (Å²) in [6, 6.07) is 1.87. The number of nitrogens with zero attached hydrogens (tertiary/aromatic N) is 4. The third-order valence-electron chi connectivity index (χ3n) is 2.75. The SMILES string of the molecule is Cc1c[nH]c2ncnc(NCc3ccncn3)c12. The fourth-order valence-corrected chi connectivity index (χ4v) is 1.85. The van der Waals surface area contributed by atoms with E-state index in [1.807, 2.05) is 19.2 Å². The molecule has 0 aromatic carbocycles. The van der Waals surface area contributed by atoms with Crippen molar-refractivity contribution in [3.8, 4) is 0 Å². The summed E-state index contributed by atoms with van der Waals surface area (Å²) in [5.41, 5.74) is 2.88. The standard InChI is InChI=1S/C12H12N6/c1-8-4-14-11-10(8)12(18-7-17-11)15-5-9-2-3-13-6-16-9/h2-4,6-7H,5H2,1H3,(H2,14,15,17,18). The molecule has 0 aliphatic rings. The molecule has 0 saturated heterocycles. The molecule has 0 atom stereocenters. The van der Waals surface area contributed by atoms with Gasteiger partial charge < -0.3 is 10.3 Å². The number of aromatic amines is 1. The molecule has 3 aromatic rings. The molecular weight excluding hydrogens is 228 g/mol. The molecule has 6 nitrogen and oxygen atoms in total. The van der Waals surface area contributed by atoms with Crippen LogP contribution in [-0.2, 0) is 6.54 Å². The Hall–Kier alpha value is -2.50. The van der Waals surface area contributed by atoms with Crippen molar-refractivity contribution >= 4 is 16.9 Å². The Morgan fingerprint density at radius 3 is 3.00 bits per heavy atom. The second kappa shape index (κ2) is 4.40. The number of aryl methyl sites for hydroxylation is 1. The molecule has 0 saturated carbocycles. The zero-order chi connectivity index (χ0) is 12.4. The third-order valence-corrected chi connectivity index (χ3v) is 2.75. The van der Waals surface area contributed by atoms with Crippen LogP contribution in [0, 0.1) is 6.92 Å². The maximum absolute atomic E-state index is 4.27. The molecule has 90 valence electrons. The van der Waals surface area contributed by atoms with Crippen LogP contribution in [-0.4, -0.2) is 24.9 Å². The van der Waals surface area contributed by atoms with E-state index in [0.29, 0.717) is 6.54 Å². The fourth-order valence-electron chi connectivity index (χ4n) is 1.85. The first-order chi connectivity index (χ1) is 8.84. The van der Waals surface area contributed by atoms with Gasteiger partial charge in [0.15, 0.2) is 0 Å². The van der Waals surface area contributed by atoms with E-state index in [0.717, 1.165) is 28.1 Å². The molecule has 18 heavy (non-hydrogen) atoms. The summed E-state index contributed by atoms with van der Waals surface area (Å²) in [5, 5.41) is 4.29. The van der Waals surface area contributed by atoms with Gasteiger partial charge in [0, 0.05) is 12.4 Å². The van der Waals surface area contributed by atoms with E-state index >= 15 is 0 Å². The first kappa shape index (κ1) is 10.6. The molecule has 0 amide bonds. The summed E-state index contributed by atoms with van der Waals surface area (Å²) in [6.45, 7) is 2.64. The van der Waals surface area contributed by atoms with Gasteiger partial charge in [-0.1, -0.05) is 0 Å². The van der Waals surface area contributed by atoms with E-state index in [2.05, 4.69) is 30.2 Å². The minimum absolute atomic E-state index is 0.610. The van der Waals surface area contributed by atoms with Gasteiger partial charge >= 0.3 is 0 Å². The first-order valence-corrected chi connectivity index (χ1v) is 5.62. The van der Waals surface area contributed by atoms with Crippen LogP contribution < -0.4 is 5.32 Å². The Kier molecular flexibility index (Phi) is 2.60. The molecule has 0 unspecified atom stereocenters. The molecule has 0 bridgehead atoms. The largest absolute Gasteiger partial charge is 0.364 e. The van der Waals surface area contributed by atoms with E-state index < -0.39 is 0 Å². The van der Waals surface area contributed by atoms with Crippen LogP contribution in [0.25, 0.3) is 11.0 Å². The lowest BCUT2D eigenvalue weighted by Crippen LogP contribution is -2.04. The second-order valence-corrected chi connectivity index (χ2v) is 3.97. The van der Waals surface area contributed by atoms with Crippen molar-refractivity contribution in [3.63, 3.8) is 0 Å². The van der Waals surface area contributed by atoms with Crippen molar-refractivity contribution < 1.29 is 0 Å². The van der Waals surface area contributed by atoms with Gasteiger partial charge in [-0.15, -0.1) is 0 Å². The number of nitrogens with one attached hydrogen (secondary N) is 2. The number of anilines is 1. The lowest BCUT2D eigenvalue weighted by Gasteiger charge is -2.06. The van der Waals surface area contributed by atoms with Gasteiger partial charge in [-0.3, -0.25) is 0 Å². The normalized spacial score (nSPS) is 10.7. The summed E-state index contributed by atoms with van der Waals surface area (Å²) >= 11 is 0. The number of rotatable bonds is 3. The smallest absolute Gasteiger partial charge is 0.143 e. The Morgan fingerprint density at radius 2 is 2.17 bits per heavy atom. The van der Waals surface area contributed by atoms with Crippen LogP contribution in [0.2, 0.25) is 0 Å². The van der Waals surface area contributed by atoms with Crippen molar-refractivity contribution in [3.05, 3.63) is 42.4 Å². The van der Waals surface area contributed by atoms with Crippen LogP contribution in [0.4, 0.5) is 5.82 Å². The van der Waals surface area contributed by atoms with Gasteiger partial charge in [-0.2, -0.15) is 0 Å². The quantitative estimate of drug-likeness (QED) is 0.728. The molecule has 0 aliphatic heterocycles. The van der Waals surface area contributed by atoms with Gasteiger partial charge in [-0.25, -0.2) is 19.9 Å². The zero-order valence-corrected chi connectivity index (χ0v) is 9.88. The van der Waals surface area contributed by atoms with E-state index in [4.69, 9.17) is 0 Å². The highest BCUT2D eigenvalue weighted by Gasteiger charge is 2.07. The topological polar surface area (TPSA) is 79.4 Å². The van der Waals surface area contributed by atoms with E-state index in [-0.39, 0.29) is 0 Å². The van der Waals surface area contributed by atoms with Crippen molar-refractivity contribution in [1.82, 2.24) is 24.9 Å². The molecule has 0 fully saturated rings. The van der Waals surface area contributed by atoms with Crippen molar-refractivity contribution in [2.75, 3.05) is 5.32 Å². The first-order valence-electron chi connectivity index (χ1n) is 5.62. The third kappa shape index (κ3) is 1.88. The van der Waals surface area contributed by atoms with Crippen LogP contribution in [0.15, 0.2) is 31.1 Å². The summed E-state index contributed by atoms with van der Waals surface area (Å²) in [6.07, 6.45) is 6.73. The zero-order valence-electron chi connectivity index (χ0n) is 9.88. The minimum atomic E-state index is 0.610. The molecule has 3 heterocycles. The maximum Gasteiger partial charge on any atom is 0.143 e. The maximum atomic E-state index is 4.27. The van der Waals surface area contributed by atoms with Crippen LogP contribution in [0.3, 0.4) is 0 Å². The number of fused-ring (bicyclic) bond motifs is 1. The molecule has 2 N–H and O–H groups in total. The average molecular weight is 240 g/mol. The van der Waals surface area contributed by atoms with E-state index in [1.54, 1.807) is 12.5 Å². The summed E-state index contributed by atoms with van der Waals surface area (Å²) in [5.74, 6) is 0.817. The molecule has 0 aliphatic carbocycles. The molecular formula is C12H12N6. The van der Waals surface area contributed by atoms with Gasteiger partial charge in [0.25, 0.3) is 0 Å². The highest BCUT2D eigenvalue weighted by Crippen LogP contribution is 2.22. The van der Waals surface area contributed by atoms with Gasteiger partial charge in [0.1, 0.15) is 24.1 Å². The number of hydrogen-bond donors (Lipinski definition) is 2.